The quantitative estimate of drug-likeness (QED) is 0.486. The Hall–Kier alpha value is -3.64. The van der Waals surface area contributed by atoms with Crippen molar-refractivity contribution in [1.82, 2.24) is 24.5 Å². The molecule has 0 bridgehead atoms. The monoisotopic (exact) mass is 490 g/mol. The summed E-state index contributed by atoms with van der Waals surface area (Å²) < 4.78 is 1.45. The van der Waals surface area contributed by atoms with Gasteiger partial charge in [0, 0.05) is 38.3 Å². The van der Waals surface area contributed by atoms with Gasteiger partial charge in [-0.15, -0.1) is 5.10 Å². The molecule has 11 nitrogen and oxygen atoms in total. The maximum atomic E-state index is 10.1. The van der Waals surface area contributed by atoms with Crippen molar-refractivity contribution in [3.8, 4) is 12.1 Å². The molecule has 4 heterocycles. The standard InChI is InChI=1S/C23H23ClN10O/c24-20-18(5-13(8-25)6-19(20)33-4-3-32-12-17(35)7-15(32)11-33)29-23-30-21(28-14-1-2-14)22-27-10-16(9-26)34(22)31-23/h5-6,10,14-15,17,35H,1-4,7,11-12H2,(H2,28,29,30,31)/t15-,17-/m1/s1. The number of halogens is 1. The lowest BCUT2D eigenvalue weighted by atomic mass is 10.1. The van der Waals surface area contributed by atoms with Crippen molar-refractivity contribution in [2.75, 3.05) is 41.7 Å². The van der Waals surface area contributed by atoms with E-state index in [1.54, 1.807) is 12.1 Å². The van der Waals surface area contributed by atoms with Gasteiger partial charge < -0.3 is 20.6 Å². The predicted molar refractivity (Wildman–Crippen MR) is 130 cm³/mol. The fourth-order valence-corrected chi connectivity index (χ4v) is 5.15. The molecule has 178 valence electrons. The van der Waals surface area contributed by atoms with Gasteiger partial charge in [-0.25, -0.2) is 4.98 Å². The molecule has 0 amide bonds. The number of nitriles is 2. The first-order valence-electron chi connectivity index (χ1n) is 11.6. The van der Waals surface area contributed by atoms with Gasteiger partial charge in [0.05, 0.1) is 40.3 Å². The first kappa shape index (κ1) is 21.9. The van der Waals surface area contributed by atoms with E-state index in [0.717, 1.165) is 44.6 Å². The molecule has 3 aliphatic rings. The zero-order valence-electron chi connectivity index (χ0n) is 18.8. The Morgan fingerprint density at radius 3 is 2.77 bits per heavy atom. The Kier molecular flexibility index (Phi) is 5.33. The number of anilines is 4. The molecular weight excluding hydrogens is 468 g/mol. The summed E-state index contributed by atoms with van der Waals surface area (Å²) in [6, 6.07) is 8.36. The van der Waals surface area contributed by atoms with Gasteiger partial charge in [0.15, 0.2) is 17.2 Å². The number of rotatable bonds is 5. The van der Waals surface area contributed by atoms with Crippen LogP contribution in [-0.2, 0) is 0 Å². The number of nitrogens with one attached hydrogen (secondary N) is 2. The lowest BCUT2D eigenvalue weighted by molar-refractivity contribution is 0.173. The van der Waals surface area contributed by atoms with Crippen LogP contribution >= 0.6 is 11.6 Å². The predicted octanol–water partition coefficient (Wildman–Crippen LogP) is 2.09. The highest BCUT2D eigenvalue weighted by atomic mass is 35.5. The van der Waals surface area contributed by atoms with Gasteiger partial charge in [-0.1, -0.05) is 11.6 Å². The van der Waals surface area contributed by atoms with Crippen molar-refractivity contribution in [3.63, 3.8) is 0 Å². The van der Waals surface area contributed by atoms with E-state index >= 15 is 0 Å². The van der Waals surface area contributed by atoms with Crippen LogP contribution in [0.25, 0.3) is 5.65 Å². The average Bonchev–Trinajstić information content (AvgIpc) is 3.44. The van der Waals surface area contributed by atoms with Crippen LogP contribution < -0.4 is 15.5 Å². The highest BCUT2D eigenvalue weighted by Crippen LogP contribution is 2.38. The lowest BCUT2D eigenvalue weighted by Gasteiger charge is -2.39. The molecule has 3 N–H and O–H groups in total. The number of imidazole rings is 1. The number of nitrogens with zero attached hydrogens (tertiary/aromatic N) is 8. The summed E-state index contributed by atoms with van der Waals surface area (Å²) in [5, 5.41) is 40.6. The molecule has 2 atom stereocenters. The summed E-state index contributed by atoms with van der Waals surface area (Å²) >= 11 is 6.86. The van der Waals surface area contributed by atoms with Crippen LogP contribution in [0.5, 0.6) is 0 Å². The molecule has 3 aromatic rings. The van der Waals surface area contributed by atoms with E-state index in [-0.39, 0.29) is 18.1 Å². The molecule has 0 radical (unpaired) electrons. The highest BCUT2D eigenvalue weighted by molar-refractivity contribution is 6.36. The highest BCUT2D eigenvalue weighted by Gasteiger charge is 2.36. The van der Waals surface area contributed by atoms with Crippen LogP contribution in [0.3, 0.4) is 0 Å². The second kappa shape index (κ2) is 8.54. The third-order valence-electron chi connectivity index (χ3n) is 6.76. The van der Waals surface area contributed by atoms with Crippen LogP contribution in [0, 0.1) is 22.7 Å². The van der Waals surface area contributed by atoms with E-state index in [1.165, 1.54) is 10.7 Å². The Morgan fingerprint density at radius 1 is 1.14 bits per heavy atom. The number of aliphatic hydroxyl groups excluding tert-OH is 1. The largest absolute Gasteiger partial charge is 0.392 e. The van der Waals surface area contributed by atoms with Crippen LogP contribution in [0.2, 0.25) is 5.02 Å². The van der Waals surface area contributed by atoms with Gasteiger partial charge in [-0.2, -0.15) is 20.0 Å². The number of piperazine rings is 1. The van der Waals surface area contributed by atoms with Gasteiger partial charge in [0.1, 0.15) is 6.07 Å². The van der Waals surface area contributed by atoms with Crippen LogP contribution in [0.1, 0.15) is 30.5 Å². The van der Waals surface area contributed by atoms with Crippen molar-refractivity contribution < 1.29 is 5.11 Å². The molecule has 0 spiro atoms. The molecule has 1 saturated carbocycles. The molecule has 2 aliphatic heterocycles. The van der Waals surface area contributed by atoms with E-state index in [9.17, 15) is 15.6 Å². The first-order chi connectivity index (χ1) is 17.0. The fourth-order valence-electron chi connectivity index (χ4n) is 4.88. The summed E-state index contributed by atoms with van der Waals surface area (Å²) in [6.07, 6.45) is 4.00. The lowest BCUT2D eigenvalue weighted by Crippen LogP contribution is -2.50. The third-order valence-corrected chi connectivity index (χ3v) is 7.16. The second-order valence-electron chi connectivity index (χ2n) is 9.27. The number of fused-ring (bicyclic) bond motifs is 2. The zero-order chi connectivity index (χ0) is 24.1. The molecule has 35 heavy (non-hydrogen) atoms. The summed E-state index contributed by atoms with van der Waals surface area (Å²) in [6.45, 7) is 3.00. The van der Waals surface area contributed by atoms with Crippen molar-refractivity contribution in [2.45, 2.75) is 37.5 Å². The molecular formula is C23H23ClN10O. The molecule has 6 rings (SSSR count). The minimum absolute atomic E-state index is 0.238. The smallest absolute Gasteiger partial charge is 0.247 e. The van der Waals surface area contributed by atoms with Crippen molar-refractivity contribution in [2.24, 2.45) is 0 Å². The van der Waals surface area contributed by atoms with E-state index in [1.807, 2.05) is 0 Å². The van der Waals surface area contributed by atoms with Crippen molar-refractivity contribution in [3.05, 3.63) is 34.6 Å². The van der Waals surface area contributed by atoms with E-state index in [2.05, 4.69) is 47.6 Å². The molecule has 2 aromatic heterocycles. The van der Waals surface area contributed by atoms with Gasteiger partial charge >= 0.3 is 0 Å². The molecule has 1 aromatic carbocycles. The summed E-state index contributed by atoms with van der Waals surface area (Å²) in [4.78, 5) is 13.4. The molecule has 3 fully saturated rings. The number of benzene rings is 1. The minimum Gasteiger partial charge on any atom is -0.392 e. The van der Waals surface area contributed by atoms with Gasteiger partial charge in [0.25, 0.3) is 0 Å². The summed E-state index contributed by atoms with van der Waals surface area (Å²) in [7, 11) is 0. The normalized spacial score (nSPS) is 22.0. The SMILES string of the molecule is N#Cc1cc(Nc2nc(NC3CC3)c3ncc(C#N)n3n2)c(Cl)c(N2CCN3C[C@H](O)C[C@@H]3C2)c1. The molecule has 1 aliphatic carbocycles. The Bertz CT molecular complexity index is 1390. The van der Waals surface area contributed by atoms with Crippen molar-refractivity contribution in [1.29, 1.82) is 10.5 Å². The van der Waals surface area contributed by atoms with Crippen LogP contribution in [0.15, 0.2) is 18.3 Å². The number of hydrogen-bond acceptors (Lipinski definition) is 10. The van der Waals surface area contributed by atoms with Gasteiger partial charge in [0.2, 0.25) is 5.95 Å². The first-order valence-corrected chi connectivity index (χ1v) is 12.0. The third kappa shape index (κ3) is 4.08. The number of aromatic nitrogens is 4. The number of aliphatic hydroxyl groups is 1. The summed E-state index contributed by atoms with van der Waals surface area (Å²) in [5.41, 5.74) is 2.49. The minimum atomic E-state index is -0.301. The van der Waals surface area contributed by atoms with Crippen LogP contribution in [0.4, 0.5) is 23.1 Å². The Labute approximate surface area is 206 Å². The maximum absolute atomic E-state index is 10.1. The number of hydrogen-bond donors (Lipinski definition) is 3. The Morgan fingerprint density at radius 2 is 2.00 bits per heavy atom. The van der Waals surface area contributed by atoms with Crippen LogP contribution in [-0.4, -0.2) is 74.0 Å². The molecule has 12 heteroatoms. The van der Waals surface area contributed by atoms with Crippen molar-refractivity contribution >= 4 is 40.4 Å². The fraction of sp³-hybridized carbons (Fsp3) is 0.435. The molecule has 2 saturated heterocycles. The Balaban J connectivity index is 1.35. The zero-order valence-corrected chi connectivity index (χ0v) is 19.6. The topological polar surface area (TPSA) is 141 Å². The molecule has 0 unspecified atom stereocenters. The second-order valence-corrected chi connectivity index (χ2v) is 9.65. The summed E-state index contributed by atoms with van der Waals surface area (Å²) in [5.74, 6) is 0.775. The maximum Gasteiger partial charge on any atom is 0.247 e. The van der Waals surface area contributed by atoms with E-state index in [0.29, 0.717) is 46.0 Å². The average molecular weight is 491 g/mol. The van der Waals surface area contributed by atoms with Gasteiger partial charge in [-0.3, -0.25) is 4.90 Å². The van der Waals surface area contributed by atoms with Gasteiger partial charge in [-0.05, 0) is 31.4 Å². The van der Waals surface area contributed by atoms with E-state index in [4.69, 9.17) is 11.6 Å². The van der Waals surface area contributed by atoms with E-state index < -0.39 is 0 Å².